The number of terminal acetylenes is 1. The van der Waals surface area contributed by atoms with Gasteiger partial charge in [0, 0.05) is 13.5 Å². The lowest BCUT2D eigenvalue weighted by Gasteiger charge is -2.13. The van der Waals surface area contributed by atoms with E-state index in [9.17, 15) is 0 Å². The number of allylic oxidation sites excluding steroid dienone is 2. The summed E-state index contributed by atoms with van der Waals surface area (Å²) in [5.41, 5.74) is 0.913. The molecule has 0 bridgehead atoms. The lowest BCUT2D eigenvalue weighted by atomic mass is 10.2. The van der Waals surface area contributed by atoms with Gasteiger partial charge in [0.2, 0.25) is 0 Å². The smallest absolute Gasteiger partial charge is 0.136 e. The Kier molecular flexibility index (Phi) is 6.57. The SMILES string of the molecule is C#CCC/C=C(OC(C)C)\C(C)=N/C. The molecule has 0 spiro atoms. The van der Waals surface area contributed by atoms with E-state index in [2.05, 4.69) is 10.9 Å². The first-order chi connectivity index (χ1) is 6.61. The molecule has 2 nitrogen and oxygen atoms in total. The van der Waals surface area contributed by atoms with E-state index in [-0.39, 0.29) is 6.10 Å². The first kappa shape index (κ1) is 12.8. The molecule has 0 aromatic heterocycles. The van der Waals surface area contributed by atoms with Crippen molar-refractivity contribution in [3.8, 4) is 12.3 Å². The molecule has 0 aromatic rings. The normalized spacial score (nSPS) is 12.9. The molecule has 14 heavy (non-hydrogen) atoms. The first-order valence-corrected chi connectivity index (χ1v) is 4.85. The number of nitrogens with zero attached hydrogens (tertiary/aromatic N) is 1. The average molecular weight is 193 g/mol. The van der Waals surface area contributed by atoms with Crippen LogP contribution in [0.4, 0.5) is 0 Å². The maximum Gasteiger partial charge on any atom is 0.136 e. The van der Waals surface area contributed by atoms with Crippen molar-refractivity contribution in [3.05, 3.63) is 11.8 Å². The second-order valence-corrected chi connectivity index (χ2v) is 3.29. The third-order valence-corrected chi connectivity index (χ3v) is 1.67. The molecule has 0 fully saturated rings. The summed E-state index contributed by atoms with van der Waals surface area (Å²) in [6.45, 7) is 5.93. The van der Waals surface area contributed by atoms with E-state index >= 15 is 0 Å². The molecule has 0 aliphatic rings. The Morgan fingerprint density at radius 3 is 2.64 bits per heavy atom. The molecule has 0 amide bonds. The van der Waals surface area contributed by atoms with Crippen LogP contribution in [0.3, 0.4) is 0 Å². The van der Waals surface area contributed by atoms with Gasteiger partial charge < -0.3 is 4.74 Å². The third kappa shape index (κ3) is 5.42. The fraction of sp³-hybridized carbons (Fsp3) is 0.583. The van der Waals surface area contributed by atoms with Crippen LogP contribution in [0, 0.1) is 12.3 Å². The van der Waals surface area contributed by atoms with E-state index < -0.39 is 0 Å². The van der Waals surface area contributed by atoms with Crippen molar-refractivity contribution in [2.45, 2.75) is 39.7 Å². The third-order valence-electron chi connectivity index (χ3n) is 1.67. The number of unbranched alkanes of at least 4 members (excludes halogenated alkanes) is 1. The molecule has 0 heterocycles. The highest BCUT2D eigenvalue weighted by atomic mass is 16.5. The topological polar surface area (TPSA) is 21.6 Å². The highest BCUT2D eigenvalue weighted by molar-refractivity contribution is 5.96. The molecule has 0 unspecified atom stereocenters. The van der Waals surface area contributed by atoms with Gasteiger partial charge in [0.15, 0.2) is 0 Å². The van der Waals surface area contributed by atoms with Crippen molar-refractivity contribution in [3.63, 3.8) is 0 Å². The van der Waals surface area contributed by atoms with Gasteiger partial charge in [-0.3, -0.25) is 4.99 Å². The lowest BCUT2D eigenvalue weighted by Crippen LogP contribution is -2.08. The number of ether oxygens (including phenoxy) is 1. The van der Waals surface area contributed by atoms with Crippen molar-refractivity contribution in [2.75, 3.05) is 7.05 Å². The molecular formula is C12H19NO. The van der Waals surface area contributed by atoms with Gasteiger partial charge in [0.05, 0.1) is 11.8 Å². The molecule has 0 atom stereocenters. The van der Waals surface area contributed by atoms with Crippen LogP contribution in [0.15, 0.2) is 16.8 Å². The van der Waals surface area contributed by atoms with Gasteiger partial charge in [0.1, 0.15) is 5.76 Å². The number of hydrogen-bond donors (Lipinski definition) is 0. The second-order valence-electron chi connectivity index (χ2n) is 3.29. The van der Waals surface area contributed by atoms with E-state index in [0.717, 1.165) is 24.3 Å². The fourth-order valence-electron chi connectivity index (χ4n) is 0.932. The van der Waals surface area contributed by atoms with Gasteiger partial charge in [-0.15, -0.1) is 12.3 Å². The van der Waals surface area contributed by atoms with Gasteiger partial charge in [-0.25, -0.2) is 0 Å². The van der Waals surface area contributed by atoms with Crippen molar-refractivity contribution in [1.82, 2.24) is 0 Å². The summed E-state index contributed by atoms with van der Waals surface area (Å²) < 4.78 is 5.61. The van der Waals surface area contributed by atoms with E-state index in [1.54, 1.807) is 7.05 Å². The number of hydrogen-bond acceptors (Lipinski definition) is 2. The van der Waals surface area contributed by atoms with Crippen molar-refractivity contribution in [2.24, 2.45) is 4.99 Å². The van der Waals surface area contributed by atoms with Gasteiger partial charge >= 0.3 is 0 Å². The lowest BCUT2D eigenvalue weighted by molar-refractivity contribution is 0.162. The Balaban J connectivity index is 4.40. The van der Waals surface area contributed by atoms with E-state index in [1.165, 1.54) is 0 Å². The number of rotatable bonds is 5. The van der Waals surface area contributed by atoms with Crippen LogP contribution in [-0.4, -0.2) is 18.9 Å². The summed E-state index contributed by atoms with van der Waals surface area (Å²) in [6, 6.07) is 0. The van der Waals surface area contributed by atoms with Crippen LogP contribution in [0.1, 0.15) is 33.6 Å². The standard InChI is InChI=1S/C12H19NO/c1-6-7-8-9-12(11(4)13-5)14-10(2)3/h1,9-10H,7-8H2,2-5H3/b12-9+,13-11-. The highest BCUT2D eigenvalue weighted by Gasteiger charge is 2.03. The largest absolute Gasteiger partial charge is 0.489 e. The summed E-state index contributed by atoms with van der Waals surface area (Å²) in [5, 5.41) is 0. The fourth-order valence-corrected chi connectivity index (χ4v) is 0.932. The molecule has 0 aromatic carbocycles. The highest BCUT2D eigenvalue weighted by Crippen LogP contribution is 2.07. The summed E-state index contributed by atoms with van der Waals surface area (Å²) in [6.07, 6.45) is 8.92. The van der Waals surface area contributed by atoms with Crippen LogP contribution in [0.25, 0.3) is 0 Å². The molecule has 0 saturated carbocycles. The van der Waals surface area contributed by atoms with Crippen LogP contribution in [0.5, 0.6) is 0 Å². The molecule has 0 rings (SSSR count). The summed E-state index contributed by atoms with van der Waals surface area (Å²) in [5.74, 6) is 3.44. The van der Waals surface area contributed by atoms with Gasteiger partial charge in [-0.05, 0) is 33.3 Å². The van der Waals surface area contributed by atoms with Gasteiger partial charge in [0.25, 0.3) is 0 Å². The number of aliphatic imine (C=N–C) groups is 1. The summed E-state index contributed by atoms with van der Waals surface area (Å²) in [4.78, 5) is 4.09. The minimum absolute atomic E-state index is 0.170. The Morgan fingerprint density at radius 1 is 1.57 bits per heavy atom. The Morgan fingerprint density at radius 2 is 2.21 bits per heavy atom. The zero-order valence-electron chi connectivity index (χ0n) is 9.50. The average Bonchev–Trinajstić information content (AvgIpc) is 2.15. The molecule has 0 aliphatic heterocycles. The molecule has 2 heteroatoms. The quantitative estimate of drug-likeness (QED) is 0.285. The van der Waals surface area contributed by atoms with Crippen LogP contribution >= 0.6 is 0 Å². The Bertz CT molecular complexity index is 256. The van der Waals surface area contributed by atoms with E-state index in [4.69, 9.17) is 11.2 Å². The minimum Gasteiger partial charge on any atom is -0.489 e. The van der Waals surface area contributed by atoms with Gasteiger partial charge in [-0.1, -0.05) is 0 Å². The second kappa shape index (κ2) is 7.20. The van der Waals surface area contributed by atoms with Gasteiger partial charge in [-0.2, -0.15) is 0 Å². The van der Waals surface area contributed by atoms with Crippen LogP contribution in [0.2, 0.25) is 0 Å². The summed E-state index contributed by atoms with van der Waals surface area (Å²) in [7, 11) is 1.76. The zero-order valence-corrected chi connectivity index (χ0v) is 9.50. The molecule has 0 N–H and O–H groups in total. The predicted molar refractivity (Wildman–Crippen MR) is 61.4 cm³/mol. The zero-order chi connectivity index (χ0) is 11.0. The monoisotopic (exact) mass is 193 g/mol. The molecule has 0 aliphatic carbocycles. The Labute approximate surface area is 87.1 Å². The molecule has 78 valence electrons. The molecule has 0 saturated heterocycles. The van der Waals surface area contributed by atoms with E-state index in [1.807, 2.05) is 26.8 Å². The predicted octanol–water partition coefficient (Wildman–Crippen LogP) is 2.80. The first-order valence-electron chi connectivity index (χ1n) is 4.85. The molecular weight excluding hydrogens is 174 g/mol. The molecule has 0 radical (unpaired) electrons. The van der Waals surface area contributed by atoms with Crippen molar-refractivity contribution < 1.29 is 4.74 Å². The summed E-state index contributed by atoms with van der Waals surface area (Å²) >= 11 is 0. The maximum atomic E-state index is 5.61. The van der Waals surface area contributed by atoms with Crippen LogP contribution in [-0.2, 0) is 4.74 Å². The maximum absolute atomic E-state index is 5.61. The van der Waals surface area contributed by atoms with Crippen molar-refractivity contribution >= 4 is 5.71 Å². The minimum atomic E-state index is 0.170. The van der Waals surface area contributed by atoms with E-state index in [0.29, 0.717) is 0 Å². The Hall–Kier alpha value is -1.23. The van der Waals surface area contributed by atoms with Crippen LogP contribution < -0.4 is 0 Å². The van der Waals surface area contributed by atoms with Crippen molar-refractivity contribution in [1.29, 1.82) is 0 Å².